The maximum atomic E-state index is 12.5. The number of ether oxygens (including phenoxy) is 1. The van der Waals surface area contributed by atoms with E-state index in [-0.39, 0.29) is 5.91 Å². The monoisotopic (exact) mass is 340 g/mol. The summed E-state index contributed by atoms with van der Waals surface area (Å²) >= 11 is 3.43. The van der Waals surface area contributed by atoms with E-state index in [0.29, 0.717) is 11.3 Å². The Hall–Kier alpha value is -1.07. The van der Waals surface area contributed by atoms with Crippen LogP contribution in [0.25, 0.3) is 0 Å². The molecule has 0 radical (unpaired) electrons. The lowest BCUT2D eigenvalue weighted by Crippen LogP contribution is -2.35. The number of likely N-dealkylation sites (tertiary alicyclic amines) is 1. The van der Waals surface area contributed by atoms with Crippen LogP contribution in [0.5, 0.6) is 5.75 Å². The van der Waals surface area contributed by atoms with Gasteiger partial charge in [0.05, 0.1) is 12.7 Å². The molecule has 2 rings (SSSR count). The number of methoxy groups -OCH3 is 1. The van der Waals surface area contributed by atoms with E-state index >= 15 is 0 Å². The van der Waals surface area contributed by atoms with Crippen LogP contribution in [0, 0.1) is 0 Å². The van der Waals surface area contributed by atoms with Crippen molar-refractivity contribution in [2.75, 3.05) is 40.3 Å². The summed E-state index contributed by atoms with van der Waals surface area (Å²) in [6, 6.07) is 5.46. The van der Waals surface area contributed by atoms with Gasteiger partial charge in [-0.2, -0.15) is 0 Å². The third-order valence-electron chi connectivity index (χ3n) is 3.70. The van der Waals surface area contributed by atoms with Crippen molar-refractivity contribution >= 4 is 21.8 Å². The molecule has 0 bridgehead atoms. The molecule has 0 aromatic heterocycles. The summed E-state index contributed by atoms with van der Waals surface area (Å²) in [4.78, 5) is 16.6. The number of amides is 1. The zero-order chi connectivity index (χ0) is 14.5. The molecule has 1 aliphatic heterocycles. The summed E-state index contributed by atoms with van der Waals surface area (Å²) < 4.78 is 5.98. The van der Waals surface area contributed by atoms with Gasteiger partial charge in [0.25, 0.3) is 5.91 Å². The smallest absolute Gasteiger partial charge is 0.254 e. The molecule has 0 atom stereocenters. The highest BCUT2D eigenvalue weighted by Crippen LogP contribution is 2.23. The number of halogens is 1. The fourth-order valence-electron chi connectivity index (χ4n) is 2.40. The predicted molar refractivity (Wildman–Crippen MR) is 83.3 cm³/mol. The average molecular weight is 341 g/mol. The second-order valence-electron chi connectivity index (χ2n) is 5.12. The van der Waals surface area contributed by atoms with Gasteiger partial charge < -0.3 is 14.5 Å². The summed E-state index contributed by atoms with van der Waals surface area (Å²) in [5.74, 6) is 0.722. The van der Waals surface area contributed by atoms with Crippen molar-refractivity contribution in [2.45, 2.75) is 12.8 Å². The molecule has 1 fully saturated rings. The van der Waals surface area contributed by atoms with Gasteiger partial charge in [0.2, 0.25) is 0 Å². The second kappa shape index (κ2) is 7.09. The molecule has 4 nitrogen and oxygen atoms in total. The molecule has 0 N–H and O–H groups in total. The third-order valence-corrected chi connectivity index (χ3v) is 4.39. The van der Waals surface area contributed by atoms with E-state index in [1.54, 1.807) is 18.1 Å². The normalized spacial score (nSPS) is 15.3. The van der Waals surface area contributed by atoms with Crippen LogP contribution in [0.1, 0.15) is 23.2 Å². The van der Waals surface area contributed by atoms with Crippen LogP contribution in [0.2, 0.25) is 0 Å². The van der Waals surface area contributed by atoms with Crippen molar-refractivity contribution in [1.29, 1.82) is 0 Å². The van der Waals surface area contributed by atoms with Crippen LogP contribution in [-0.4, -0.2) is 56.0 Å². The van der Waals surface area contributed by atoms with E-state index in [9.17, 15) is 4.79 Å². The lowest BCUT2D eigenvalue weighted by atomic mass is 10.2. The van der Waals surface area contributed by atoms with Gasteiger partial charge in [-0.3, -0.25) is 4.79 Å². The Bertz CT molecular complexity index is 473. The van der Waals surface area contributed by atoms with Crippen molar-refractivity contribution in [3.05, 3.63) is 28.2 Å². The van der Waals surface area contributed by atoms with Gasteiger partial charge in [-0.15, -0.1) is 0 Å². The Morgan fingerprint density at radius 1 is 1.40 bits per heavy atom. The molecule has 1 aromatic rings. The maximum Gasteiger partial charge on any atom is 0.254 e. The maximum absolute atomic E-state index is 12.5. The lowest BCUT2D eigenvalue weighted by molar-refractivity contribution is 0.0781. The molecule has 1 heterocycles. The van der Waals surface area contributed by atoms with Crippen molar-refractivity contribution in [3.8, 4) is 5.75 Å². The number of nitrogens with zero attached hydrogens (tertiary/aromatic N) is 2. The number of carbonyl (C=O) groups is 1. The molecule has 1 aliphatic rings. The Balaban J connectivity index is 1.98. The Morgan fingerprint density at radius 2 is 2.10 bits per heavy atom. The topological polar surface area (TPSA) is 32.8 Å². The SMILES string of the molecule is COc1ccc(Br)c(C(=O)N(C)CCN2CCCC2)c1. The predicted octanol–water partition coefficient (Wildman–Crippen LogP) is 2.63. The van der Waals surface area contributed by atoms with Gasteiger partial charge >= 0.3 is 0 Å². The molecule has 110 valence electrons. The van der Waals surface area contributed by atoms with Gasteiger partial charge in [0.15, 0.2) is 0 Å². The van der Waals surface area contributed by atoms with E-state index in [0.717, 1.165) is 30.7 Å². The van der Waals surface area contributed by atoms with Gasteiger partial charge in [-0.1, -0.05) is 0 Å². The molecule has 1 saturated heterocycles. The van der Waals surface area contributed by atoms with E-state index in [4.69, 9.17) is 4.74 Å². The van der Waals surface area contributed by atoms with Gasteiger partial charge in [-0.25, -0.2) is 0 Å². The van der Waals surface area contributed by atoms with E-state index < -0.39 is 0 Å². The summed E-state index contributed by atoms with van der Waals surface area (Å²) in [6.07, 6.45) is 2.55. The second-order valence-corrected chi connectivity index (χ2v) is 5.98. The van der Waals surface area contributed by atoms with Crippen molar-refractivity contribution in [1.82, 2.24) is 9.80 Å². The first kappa shape index (κ1) is 15.3. The highest BCUT2D eigenvalue weighted by molar-refractivity contribution is 9.10. The van der Waals surface area contributed by atoms with Gasteiger partial charge in [-0.05, 0) is 60.1 Å². The quantitative estimate of drug-likeness (QED) is 0.825. The minimum absolute atomic E-state index is 0.0231. The highest BCUT2D eigenvalue weighted by atomic mass is 79.9. The average Bonchev–Trinajstić information content (AvgIpc) is 2.98. The number of benzene rings is 1. The van der Waals surface area contributed by atoms with E-state index in [1.165, 1.54) is 12.8 Å². The molecule has 5 heteroatoms. The zero-order valence-corrected chi connectivity index (χ0v) is 13.6. The summed E-state index contributed by atoms with van der Waals surface area (Å²) in [5.41, 5.74) is 0.647. The van der Waals surface area contributed by atoms with Gasteiger partial charge in [0, 0.05) is 24.6 Å². The van der Waals surface area contributed by atoms with E-state index in [2.05, 4.69) is 20.8 Å². The molecule has 0 aliphatic carbocycles. The number of hydrogen-bond donors (Lipinski definition) is 0. The molecule has 20 heavy (non-hydrogen) atoms. The van der Waals surface area contributed by atoms with Crippen LogP contribution >= 0.6 is 15.9 Å². The fraction of sp³-hybridized carbons (Fsp3) is 0.533. The van der Waals surface area contributed by atoms with Crippen LogP contribution in [-0.2, 0) is 0 Å². The Morgan fingerprint density at radius 3 is 2.75 bits per heavy atom. The molecule has 1 amide bonds. The van der Waals surface area contributed by atoms with Gasteiger partial charge in [0.1, 0.15) is 5.75 Å². The zero-order valence-electron chi connectivity index (χ0n) is 12.1. The van der Waals surface area contributed by atoms with Crippen molar-refractivity contribution in [3.63, 3.8) is 0 Å². The standard InChI is InChI=1S/C15H21BrN2O2/c1-17(9-10-18-7-3-4-8-18)15(19)13-11-12(20-2)5-6-14(13)16/h5-6,11H,3-4,7-10H2,1-2H3. The summed E-state index contributed by atoms with van der Waals surface area (Å²) in [7, 11) is 3.46. The minimum atomic E-state index is 0.0231. The molecule has 0 unspecified atom stereocenters. The molecule has 0 spiro atoms. The van der Waals surface area contributed by atoms with Crippen LogP contribution in [0.3, 0.4) is 0 Å². The summed E-state index contributed by atoms with van der Waals surface area (Å²) in [5, 5.41) is 0. The third kappa shape index (κ3) is 3.73. The first-order valence-electron chi connectivity index (χ1n) is 6.93. The number of rotatable bonds is 5. The number of carbonyl (C=O) groups excluding carboxylic acids is 1. The lowest BCUT2D eigenvalue weighted by Gasteiger charge is -2.22. The van der Waals surface area contributed by atoms with Crippen molar-refractivity contribution in [2.24, 2.45) is 0 Å². The highest BCUT2D eigenvalue weighted by Gasteiger charge is 2.18. The largest absolute Gasteiger partial charge is 0.497 e. The van der Waals surface area contributed by atoms with Crippen LogP contribution in [0.15, 0.2) is 22.7 Å². The first-order chi connectivity index (χ1) is 9.61. The molecule has 1 aromatic carbocycles. The minimum Gasteiger partial charge on any atom is -0.497 e. The van der Waals surface area contributed by atoms with Crippen LogP contribution in [0.4, 0.5) is 0 Å². The molecular formula is C15H21BrN2O2. The summed E-state index contributed by atoms with van der Waals surface area (Å²) in [6.45, 7) is 4.02. The Labute approximate surface area is 128 Å². The fourth-order valence-corrected chi connectivity index (χ4v) is 2.82. The van der Waals surface area contributed by atoms with Crippen LogP contribution < -0.4 is 4.74 Å². The number of likely N-dealkylation sites (N-methyl/N-ethyl adjacent to an activating group) is 1. The first-order valence-corrected chi connectivity index (χ1v) is 7.72. The molecule has 0 saturated carbocycles. The Kier molecular flexibility index (Phi) is 5.43. The molecular weight excluding hydrogens is 320 g/mol. The van der Waals surface area contributed by atoms with Crippen molar-refractivity contribution < 1.29 is 9.53 Å². The number of hydrogen-bond acceptors (Lipinski definition) is 3. The van der Waals surface area contributed by atoms with E-state index in [1.807, 2.05) is 19.2 Å².